The van der Waals surface area contributed by atoms with Crippen LogP contribution in [-0.2, 0) is 0 Å². The van der Waals surface area contributed by atoms with Crippen molar-refractivity contribution in [1.82, 2.24) is 19.5 Å². The summed E-state index contributed by atoms with van der Waals surface area (Å²) >= 11 is 0. The molecule has 6 nitrogen and oxygen atoms in total. The number of aromatic nitrogens is 3. The van der Waals surface area contributed by atoms with Crippen molar-refractivity contribution in [3.63, 3.8) is 0 Å². The quantitative estimate of drug-likeness (QED) is 0.910. The van der Waals surface area contributed by atoms with E-state index in [1.54, 1.807) is 10.7 Å². The smallest absolute Gasteiger partial charge is 0.257 e. The van der Waals surface area contributed by atoms with Crippen LogP contribution in [0.25, 0.3) is 5.65 Å². The van der Waals surface area contributed by atoms with Crippen molar-refractivity contribution in [2.75, 3.05) is 6.54 Å². The number of nitrogens with zero attached hydrogens (tertiary/aromatic N) is 4. The summed E-state index contributed by atoms with van der Waals surface area (Å²) in [4.78, 5) is 19.9. The number of aliphatic hydroxyl groups excluding tert-OH is 1. The van der Waals surface area contributed by atoms with E-state index in [4.69, 9.17) is 0 Å². The first-order valence-corrected chi connectivity index (χ1v) is 9.38. The molecule has 1 aliphatic carbocycles. The van der Waals surface area contributed by atoms with Crippen LogP contribution in [0.4, 0.5) is 0 Å². The summed E-state index contributed by atoms with van der Waals surface area (Å²) in [5.41, 5.74) is 3.03. The molecule has 2 aromatic rings. The predicted molar refractivity (Wildman–Crippen MR) is 94.5 cm³/mol. The third-order valence-electron chi connectivity index (χ3n) is 6.00. The van der Waals surface area contributed by atoms with Crippen LogP contribution in [-0.4, -0.2) is 49.2 Å². The highest BCUT2D eigenvalue weighted by Gasteiger charge is 2.40. The van der Waals surface area contributed by atoms with Crippen LogP contribution in [0.15, 0.2) is 12.3 Å². The van der Waals surface area contributed by atoms with Gasteiger partial charge in [-0.05, 0) is 39.5 Å². The first-order chi connectivity index (χ1) is 12.1. The van der Waals surface area contributed by atoms with Crippen molar-refractivity contribution < 1.29 is 9.90 Å². The summed E-state index contributed by atoms with van der Waals surface area (Å²) in [6, 6.07) is 2.00. The molecule has 1 aliphatic heterocycles. The Bertz CT molecular complexity index is 800. The fourth-order valence-corrected chi connectivity index (χ4v) is 4.77. The maximum atomic E-state index is 13.4. The van der Waals surface area contributed by atoms with Crippen LogP contribution in [0.1, 0.15) is 60.3 Å². The Morgan fingerprint density at radius 2 is 2.00 bits per heavy atom. The summed E-state index contributed by atoms with van der Waals surface area (Å²) < 4.78 is 1.74. The minimum Gasteiger partial charge on any atom is -0.393 e. The van der Waals surface area contributed by atoms with Crippen molar-refractivity contribution >= 4 is 11.6 Å². The lowest BCUT2D eigenvalue weighted by Gasteiger charge is -2.37. The van der Waals surface area contributed by atoms with Crippen LogP contribution >= 0.6 is 0 Å². The van der Waals surface area contributed by atoms with E-state index in [0.29, 0.717) is 5.56 Å². The van der Waals surface area contributed by atoms with Crippen molar-refractivity contribution in [2.45, 2.75) is 64.5 Å². The average molecular weight is 342 g/mol. The van der Waals surface area contributed by atoms with E-state index >= 15 is 0 Å². The molecule has 0 radical (unpaired) electrons. The number of likely N-dealkylation sites (tertiary alicyclic amines) is 1. The van der Waals surface area contributed by atoms with Gasteiger partial charge in [-0.3, -0.25) is 4.79 Å². The Balaban J connectivity index is 1.68. The van der Waals surface area contributed by atoms with Crippen LogP contribution in [0, 0.1) is 19.8 Å². The van der Waals surface area contributed by atoms with Gasteiger partial charge in [-0.25, -0.2) is 9.50 Å². The van der Waals surface area contributed by atoms with E-state index < -0.39 is 0 Å². The molecule has 1 N–H and O–H groups in total. The molecule has 1 saturated carbocycles. The number of aryl methyl sites for hydroxylation is 2. The lowest BCUT2D eigenvalue weighted by Crippen LogP contribution is -2.45. The highest BCUT2D eigenvalue weighted by Crippen LogP contribution is 2.35. The number of amides is 1. The van der Waals surface area contributed by atoms with Gasteiger partial charge in [-0.2, -0.15) is 5.10 Å². The second kappa shape index (κ2) is 6.41. The zero-order valence-electron chi connectivity index (χ0n) is 15.0. The van der Waals surface area contributed by atoms with Gasteiger partial charge in [0.1, 0.15) is 0 Å². The fourth-order valence-electron chi connectivity index (χ4n) is 4.77. The highest BCUT2D eigenvalue weighted by atomic mass is 16.3. The third kappa shape index (κ3) is 2.72. The van der Waals surface area contributed by atoms with Gasteiger partial charge >= 0.3 is 0 Å². The van der Waals surface area contributed by atoms with E-state index in [0.717, 1.165) is 62.1 Å². The van der Waals surface area contributed by atoms with Gasteiger partial charge in [0.2, 0.25) is 0 Å². The molecular weight excluding hydrogens is 316 g/mol. The second-order valence-corrected chi connectivity index (χ2v) is 7.48. The first kappa shape index (κ1) is 16.5. The molecule has 2 aromatic heterocycles. The molecule has 3 atom stereocenters. The Hall–Kier alpha value is -1.95. The molecule has 0 unspecified atom stereocenters. The van der Waals surface area contributed by atoms with Gasteiger partial charge in [-0.15, -0.1) is 0 Å². The number of aliphatic hydroxyl groups is 1. The van der Waals surface area contributed by atoms with Crippen LogP contribution in [0.3, 0.4) is 0 Å². The predicted octanol–water partition coefficient (Wildman–Crippen LogP) is 2.50. The molecular formula is C19H26N4O2. The van der Waals surface area contributed by atoms with Gasteiger partial charge in [0, 0.05) is 24.6 Å². The summed E-state index contributed by atoms with van der Waals surface area (Å²) in [6.45, 7) is 4.60. The Morgan fingerprint density at radius 3 is 2.80 bits per heavy atom. The maximum Gasteiger partial charge on any atom is 0.257 e. The molecule has 2 aliphatic rings. The highest BCUT2D eigenvalue weighted by molar-refractivity contribution is 5.97. The summed E-state index contributed by atoms with van der Waals surface area (Å²) in [5, 5.41) is 14.8. The molecule has 0 bridgehead atoms. The zero-order chi connectivity index (χ0) is 17.6. The largest absolute Gasteiger partial charge is 0.393 e. The van der Waals surface area contributed by atoms with E-state index in [1.807, 2.05) is 24.8 Å². The van der Waals surface area contributed by atoms with Gasteiger partial charge < -0.3 is 10.0 Å². The van der Waals surface area contributed by atoms with Crippen molar-refractivity contribution in [3.8, 4) is 0 Å². The molecule has 4 rings (SSSR count). The molecule has 25 heavy (non-hydrogen) atoms. The summed E-state index contributed by atoms with van der Waals surface area (Å²) in [5.74, 6) is 0.252. The van der Waals surface area contributed by atoms with Crippen molar-refractivity contribution in [3.05, 3.63) is 29.2 Å². The van der Waals surface area contributed by atoms with E-state index in [9.17, 15) is 9.90 Å². The SMILES string of the molecule is Cc1nc2ccnn2c(C)c1C(=O)N1CCC[C@@H]1[C@@H]1CCCC[C@@H]1O. The van der Waals surface area contributed by atoms with Gasteiger partial charge in [0.25, 0.3) is 5.91 Å². The number of hydrogen-bond acceptors (Lipinski definition) is 4. The maximum absolute atomic E-state index is 13.4. The van der Waals surface area contributed by atoms with Crippen LogP contribution in [0.5, 0.6) is 0 Å². The monoisotopic (exact) mass is 342 g/mol. The number of fused-ring (bicyclic) bond motifs is 1. The molecule has 0 aromatic carbocycles. The van der Waals surface area contributed by atoms with Crippen LogP contribution < -0.4 is 0 Å². The number of rotatable bonds is 2. The van der Waals surface area contributed by atoms with Crippen molar-refractivity contribution in [1.29, 1.82) is 0 Å². The number of carbonyl (C=O) groups is 1. The zero-order valence-corrected chi connectivity index (χ0v) is 15.0. The molecule has 1 amide bonds. The van der Waals surface area contributed by atoms with Gasteiger partial charge in [0.15, 0.2) is 5.65 Å². The summed E-state index contributed by atoms with van der Waals surface area (Å²) in [7, 11) is 0. The standard InChI is InChI=1S/C19H26N4O2/c1-12-18(13(2)23-17(21-12)9-10-20-23)19(25)22-11-5-7-15(22)14-6-3-4-8-16(14)24/h9-10,14-16,24H,3-8,11H2,1-2H3/t14-,15+,16-/m0/s1. The second-order valence-electron chi connectivity index (χ2n) is 7.48. The first-order valence-electron chi connectivity index (χ1n) is 9.38. The van der Waals surface area contributed by atoms with Gasteiger partial charge in [-0.1, -0.05) is 12.8 Å². The molecule has 3 heterocycles. The van der Waals surface area contributed by atoms with Crippen molar-refractivity contribution in [2.24, 2.45) is 5.92 Å². The molecule has 0 spiro atoms. The van der Waals surface area contributed by atoms with Crippen LogP contribution in [0.2, 0.25) is 0 Å². The molecule has 1 saturated heterocycles. The number of carbonyl (C=O) groups excluding carboxylic acids is 1. The lowest BCUT2D eigenvalue weighted by atomic mass is 9.80. The third-order valence-corrected chi connectivity index (χ3v) is 6.00. The van der Waals surface area contributed by atoms with E-state index in [2.05, 4.69) is 10.1 Å². The molecule has 6 heteroatoms. The number of hydrogen-bond donors (Lipinski definition) is 1. The Morgan fingerprint density at radius 1 is 1.20 bits per heavy atom. The molecule has 134 valence electrons. The average Bonchev–Trinajstić information content (AvgIpc) is 3.24. The molecule has 2 fully saturated rings. The normalized spacial score (nSPS) is 27.2. The minimum atomic E-state index is -0.277. The van der Waals surface area contributed by atoms with Gasteiger partial charge in [0.05, 0.1) is 29.3 Å². The van der Waals surface area contributed by atoms with E-state index in [1.165, 1.54) is 0 Å². The topological polar surface area (TPSA) is 70.7 Å². The minimum absolute atomic E-state index is 0.0418. The Labute approximate surface area is 147 Å². The Kier molecular flexibility index (Phi) is 4.23. The lowest BCUT2D eigenvalue weighted by molar-refractivity contribution is 0.0210. The fraction of sp³-hybridized carbons (Fsp3) is 0.632. The summed E-state index contributed by atoms with van der Waals surface area (Å²) in [6.07, 6.45) is 7.56. The van der Waals surface area contributed by atoms with E-state index in [-0.39, 0.29) is 24.0 Å².